The maximum Gasteiger partial charge on any atom is 0.230 e. The summed E-state index contributed by atoms with van der Waals surface area (Å²) >= 11 is 0. The molecular weight excluding hydrogens is 388 g/mol. The Balaban J connectivity index is 1.54. The quantitative estimate of drug-likeness (QED) is 0.834. The van der Waals surface area contributed by atoms with Gasteiger partial charge in [-0.3, -0.25) is 4.79 Å². The first-order chi connectivity index (χ1) is 13.9. The van der Waals surface area contributed by atoms with E-state index in [2.05, 4.69) is 5.32 Å². The standard InChI is InChI=1S/C22H26N2O4S/c1-29(26,27)24-13-12-18-17(15-24)9-5-11-20(18)23-22(25)19-10-6-14-28-21(19)16-7-3-2-4-8-16/h2-5,7-9,11,19,21H,6,10,12-15H2,1H3,(H,23,25). The van der Waals surface area contributed by atoms with Gasteiger partial charge in [0.05, 0.1) is 18.3 Å². The summed E-state index contributed by atoms with van der Waals surface area (Å²) in [6.45, 7) is 1.43. The van der Waals surface area contributed by atoms with Crippen LogP contribution in [-0.2, 0) is 32.5 Å². The minimum absolute atomic E-state index is 0.0440. The van der Waals surface area contributed by atoms with E-state index in [0.717, 1.165) is 35.2 Å². The number of rotatable bonds is 4. The fourth-order valence-corrected chi connectivity index (χ4v) is 5.03. The van der Waals surface area contributed by atoms with Crippen molar-refractivity contribution in [2.45, 2.75) is 31.9 Å². The van der Waals surface area contributed by atoms with Crippen molar-refractivity contribution in [3.8, 4) is 0 Å². The van der Waals surface area contributed by atoms with Crippen molar-refractivity contribution in [1.29, 1.82) is 0 Å². The van der Waals surface area contributed by atoms with Crippen molar-refractivity contribution in [2.24, 2.45) is 5.92 Å². The highest BCUT2D eigenvalue weighted by Crippen LogP contribution is 2.35. The zero-order chi connectivity index (χ0) is 20.4. The molecule has 2 unspecified atom stereocenters. The van der Waals surface area contributed by atoms with Crippen molar-refractivity contribution in [2.75, 3.05) is 24.7 Å². The Bertz CT molecular complexity index is 991. The average Bonchev–Trinajstić information content (AvgIpc) is 2.73. The molecule has 1 amide bonds. The fourth-order valence-electron chi connectivity index (χ4n) is 4.23. The van der Waals surface area contributed by atoms with Crippen molar-refractivity contribution in [3.05, 3.63) is 65.2 Å². The Labute approximate surface area is 171 Å². The zero-order valence-corrected chi connectivity index (χ0v) is 17.3. The molecule has 2 atom stereocenters. The fraction of sp³-hybridized carbons (Fsp3) is 0.409. The van der Waals surface area contributed by atoms with Gasteiger partial charge in [0.15, 0.2) is 0 Å². The Hall–Kier alpha value is -2.22. The first-order valence-corrected chi connectivity index (χ1v) is 11.8. The average molecular weight is 415 g/mol. The van der Waals surface area contributed by atoms with Gasteiger partial charge in [-0.2, -0.15) is 4.31 Å². The smallest absolute Gasteiger partial charge is 0.230 e. The molecule has 2 heterocycles. The molecule has 0 spiro atoms. The predicted octanol–water partition coefficient (Wildman–Crippen LogP) is 3.11. The number of carbonyl (C=O) groups is 1. The summed E-state index contributed by atoms with van der Waals surface area (Å²) in [7, 11) is -3.23. The molecule has 0 radical (unpaired) electrons. The molecule has 0 aliphatic carbocycles. The number of nitrogens with one attached hydrogen (secondary N) is 1. The predicted molar refractivity (Wildman–Crippen MR) is 112 cm³/mol. The van der Waals surface area contributed by atoms with E-state index < -0.39 is 10.0 Å². The molecule has 2 aliphatic rings. The number of carbonyl (C=O) groups excluding carboxylic acids is 1. The Morgan fingerprint density at radius 3 is 2.69 bits per heavy atom. The highest BCUT2D eigenvalue weighted by Gasteiger charge is 2.34. The Kier molecular flexibility index (Phi) is 5.72. The van der Waals surface area contributed by atoms with Crippen LogP contribution in [0.1, 0.15) is 35.6 Å². The number of hydrogen-bond donors (Lipinski definition) is 1. The molecule has 7 heteroatoms. The van der Waals surface area contributed by atoms with Crippen molar-refractivity contribution in [1.82, 2.24) is 4.31 Å². The van der Waals surface area contributed by atoms with E-state index in [1.807, 2.05) is 48.5 Å². The van der Waals surface area contributed by atoms with Crippen LogP contribution in [0.4, 0.5) is 5.69 Å². The molecule has 0 saturated carbocycles. The van der Waals surface area contributed by atoms with Gasteiger partial charge in [0, 0.05) is 25.4 Å². The van der Waals surface area contributed by atoms with Crippen LogP contribution in [0.2, 0.25) is 0 Å². The minimum Gasteiger partial charge on any atom is -0.373 e. The number of nitrogens with zero attached hydrogens (tertiary/aromatic N) is 1. The van der Waals surface area contributed by atoms with E-state index >= 15 is 0 Å². The Morgan fingerprint density at radius 2 is 1.93 bits per heavy atom. The lowest BCUT2D eigenvalue weighted by molar-refractivity contribution is -0.129. The number of amides is 1. The molecule has 6 nitrogen and oxygen atoms in total. The third-order valence-electron chi connectivity index (χ3n) is 5.75. The number of sulfonamides is 1. The van der Waals surface area contributed by atoms with Gasteiger partial charge in [0.1, 0.15) is 0 Å². The van der Waals surface area contributed by atoms with Gasteiger partial charge in [0.25, 0.3) is 0 Å². The minimum atomic E-state index is -3.23. The molecule has 29 heavy (non-hydrogen) atoms. The molecular formula is C22H26N2O4S. The summed E-state index contributed by atoms with van der Waals surface area (Å²) < 4.78 is 31.2. The molecule has 2 aliphatic heterocycles. The van der Waals surface area contributed by atoms with Crippen LogP contribution in [0.25, 0.3) is 0 Å². The normalized spacial score (nSPS) is 22.7. The summed E-state index contributed by atoms with van der Waals surface area (Å²) in [4.78, 5) is 13.2. The number of ether oxygens (including phenoxy) is 1. The summed E-state index contributed by atoms with van der Waals surface area (Å²) in [5.41, 5.74) is 3.76. The van der Waals surface area contributed by atoms with Crippen LogP contribution in [0, 0.1) is 5.92 Å². The van der Waals surface area contributed by atoms with E-state index in [0.29, 0.717) is 26.1 Å². The van der Waals surface area contributed by atoms with E-state index in [9.17, 15) is 13.2 Å². The van der Waals surface area contributed by atoms with Crippen LogP contribution in [0.5, 0.6) is 0 Å². The van der Waals surface area contributed by atoms with E-state index in [4.69, 9.17) is 4.74 Å². The lowest BCUT2D eigenvalue weighted by Gasteiger charge is -2.32. The zero-order valence-electron chi connectivity index (χ0n) is 16.5. The second-order valence-electron chi connectivity index (χ2n) is 7.73. The third-order valence-corrected chi connectivity index (χ3v) is 6.99. The number of benzene rings is 2. The van der Waals surface area contributed by atoms with Gasteiger partial charge in [-0.05, 0) is 42.0 Å². The van der Waals surface area contributed by atoms with Crippen LogP contribution < -0.4 is 5.32 Å². The van der Waals surface area contributed by atoms with Gasteiger partial charge >= 0.3 is 0 Å². The highest BCUT2D eigenvalue weighted by atomic mass is 32.2. The number of hydrogen-bond acceptors (Lipinski definition) is 4. The first-order valence-electron chi connectivity index (χ1n) is 9.97. The summed E-state index contributed by atoms with van der Waals surface area (Å²) in [6.07, 6.45) is 3.21. The summed E-state index contributed by atoms with van der Waals surface area (Å²) in [5.74, 6) is -0.296. The topological polar surface area (TPSA) is 75.7 Å². The molecule has 1 N–H and O–H groups in total. The van der Waals surface area contributed by atoms with Gasteiger partial charge < -0.3 is 10.1 Å². The molecule has 2 aromatic rings. The molecule has 0 aromatic heterocycles. The second kappa shape index (κ2) is 8.26. The monoisotopic (exact) mass is 414 g/mol. The lowest BCUT2D eigenvalue weighted by Crippen LogP contribution is -2.36. The lowest BCUT2D eigenvalue weighted by atomic mass is 9.88. The largest absolute Gasteiger partial charge is 0.373 e. The van der Waals surface area contributed by atoms with E-state index in [1.54, 1.807) is 0 Å². The third kappa shape index (κ3) is 4.37. The maximum absolute atomic E-state index is 13.2. The molecule has 0 bridgehead atoms. The van der Waals surface area contributed by atoms with Gasteiger partial charge in [0.2, 0.25) is 15.9 Å². The van der Waals surface area contributed by atoms with Crippen molar-refractivity contribution in [3.63, 3.8) is 0 Å². The summed E-state index contributed by atoms with van der Waals surface area (Å²) in [5, 5.41) is 3.11. The SMILES string of the molecule is CS(=O)(=O)N1CCc2c(cccc2NC(=O)C2CCCOC2c2ccccc2)C1. The van der Waals surface area contributed by atoms with E-state index in [-0.39, 0.29) is 17.9 Å². The number of anilines is 1. The van der Waals surface area contributed by atoms with Crippen LogP contribution in [-0.4, -0.2) is 38.0 Å². The molecule has 154 valence electrons. The first kappa shape index (κ1) is 20.1. The van der Waals surface area contributed by atoms with Crippen LogP contribution >= 0.6 is 0 Å². The van der Waals surface area contributed by atoms with Gasteiger partial charge in [-0.25, -0.2) is 8.42 Å². The van der Waals surface area contributed by atoms with Gasteiger partial charge in [-0.1, -0.05) is 42.5 Å². The van der Waals surface area contributed by atoms with Crippen LogP contribution in [0.15, 0.2) is 48.5 Å². The molecule has 1 saturated heterocycles. The summed E-state index contributed by atoms with van der Waals surface area (Å²) in [6, 6.07) is 15.6. The maximum atomic E-state index is 13.2. The number of fused-ring (bicyclic) bond motifs is 1. The molecule has 1 fully saturated rings. The van der Waals surface area contributed by atoms with Crippen molar-refractivity contribution >= 4 is 21.6 Å². The second-order valence-corrected chi connectivity index (χ2v) is 9.71. The van der Waals surface area contributed by atoms with Gasteiger partial charge in [-0.15, -0.1) is 0 Å². The molecule has 2 aromatic carbocycles. The highest BCUT2D eigenvalue weighted by molar-refractivity contribution is 7.88. The van der Waals surface area contributed by atoms with Crippen molar-refractivity contribution < 1.29 is 17.9 Å². The van der Waals surface area contributed by atoms with E-state index in [1.165, 1.54) is 10.6 Å². The Morgan fingerprint density at radius 1 is 1.14 bits per heavy atom. The van der Waals surface area contributed by atoms with Crippen LogP contribution in [0.3, 0.4) is 0 Å². The molecule has 4 rings (SSSR count).